The maximum Gasteiger partial charge on any atom is 0.317 e. The van der Waals surface area contributed by atoms with Gasteiger partial charge in [-0.2, -0.15) is 0 Å². The van der Waals surface area contributed by atoms with Crippen LogP contribution >= 0.6 is 0 Å². The van der Waals surface area contributed by atoms with Gasteiger partial charge in [-0.3, -0.25) is 0 Å². The normalized spacial score (nSPS) is 18.3. The van der Waals surface area contributed by atoms with Crippen molar-refractivity contribution in [1.29, 1.82) is 0 Å². The minimum Gasteiger partial charge on any atom is -0.497 e. The fourth-order valence-corrected chi connectivity index (χ4v) is 3.06. The summed E-state index contributed by atoms with van der Waals surface area (Å²) in [4.78, 5) is 13.5. The monoisotopic (exact) mass is 306 g/mol. The highest BCUT2D eigenvalue weighted by atomic mass is 16.5. The Bertz CT molecular complexity index is 517. The van der Waals surface area contributed by atoms with Gasteiger partial charge in [0, 0.05) is 26.1 Å². The summed E-state index contributed by atoms with van der Waals surface area (Å²) in [6.07, 6.45) is 2.77. The third-order valence-electron chi connectivity index (χ3n) is 4.17. The third kappa shape index (κ3) is 4.13. The van der Waals surface area contributed by atoms with Crippen molar-refractivity contribution in [3.8, 4) is 5.75 Å². The van der Waals surface area contributed by atoms with Gasteiger partial charge >= 0.3 is 6.03 Å². The topological polar surface area (TPSA) is 61.8 Å². The molecule has 122 valence electrons. The second kappa shape index (κ2) is 7.49. The lowest BCUT2D eigenvalue weighted by Crippen LogP contribution is -2.42. The Hall–Kier alpha value is -1.75. The van der Waals surface area contributed by atoms with Gasteiger partial charge in [0.05, 0.1) is 13.2 Å². The fraction of sp³-hybridized carbons (Fsp3) is 0.588. The first-order chi connectivity index (χ1) is 10.5. The van der Waals surface area contributed by atoms with Gasteiger partial charge in [0.15, 0.2) is 0 Å². The van der Waals surface area contributed by atoms with Gasteiger partial charge in [0.2, 0.25) is 0 Å². The highest BCUT2D eigenvalue weighted by Gasteiger charge is 2.22. The average molecular weight is 306 g/mol. The van der Waals surface area contributed by atoms with Crippen LogP contribution in [0.5, 0.6) is 5.75 Å². The SMILES string of the molecule is COc1ccc2c(c1)CCC[C@H]2CNC(=O)N(C)C[C@H](C)O. The lowest BCUT2D eigenvalue weighted by atomic mass is 9.82. The van der Waals surface area contributed by atoms with Crippen LogP contribution in [-0.4, -0.2) is 49.4 Å². The van der Waals surface area contributed by atoms with Crippen molar-refractivity contribution >= 4 is 6.03 Å². The molecule has 0 aliphatic heterocycles. The van der Waals surface area contributed by atoms with Gasteiger partial charge in [0.1, 0.15) is 5.75 Å². The number of aliphatic hydroxyl groups excluding tert-OH is 1. The number of aliphatic hydroxyl groups is 1. The number of rotatable bonds is 5. The summed E-state index contributed by atoms with van der Waals surface area (Å²) in [7, 11) is 3.38. The Labute approximate surface area is 132 Å². The van der Waals surface area contributed by atoms with E-state index in [2.05, 4.69) is 17.4 Å². The Kier molecular flexibility index (Phi) is 5.66. The van der Waals surface area contributed by atoms with E-state index in [1.54, 1.807) is 21.1 Å². The number of ether oxygens (including phenoxy) is 1. The smallest absolute Gasteiger partial charge is 0.317 e. The first-order valence-corrected chi connectivity index (χ1v) is 7.85. The maximum atomic E-state index is 12.0. The summed E-state index contributed by atoms with van der Waals surface area (Å²) in [6.45, 7) is 2.64. The molecule has 0 unspecified atom stereocenters. The maximum absolute atomic E-state index is 12.0. The molecule has 0 radical (unpaired) electrons. The van der Waals surface area contributed by atoms with Crippen LogP contribution in [0.4, 0.5) is 4.79 Å². The first kappa shape index (κ1) is 16.6. The van der Waals surface area contributed by atoms with Crippen LogP contribution < -0.4 is 10.1 Å². The van der Waals surface area contributed by atoms with E-state index in [0.29, 0.717) is 19.0 Å². The lowest BCUT2D eigenvalue weighted by Gasteiger charge is -2.27. The number of nitrogens with zero attached hydrogens (tertiary/aromatic N) is 1. The number of urea groups is 1. The van der Waals surface area contributed by atoms with Gasteiger partial charge in [-0.15, -0.1) is 0 Å². The predicted octanol–water partition coefficient (Wildman–Crippen LogP) is 2.14. The molecule has 2 atom stereocenters. The van der Waals surface area contributed by atoms with E-state index >= 15 is 0 Å². The quantitative estimate of drug-likeness (QED) is 0.876. The van der Waals surface area contributed by atoms with Crippen LogP contribution in [0.2, 0.25) is 0 Å². The van der Waals surface area contributed by atoms with Gasteiger partial charge in [-0.05, 0) is 49.4 Å². The molecule has 0 heterocycles. The minimum atomic E-state index is -0.515. The molecule has 2 amide bonds. The zero-order valence-corrected chi connectivity index (χ0v) is 13.6. The van der Waals surface area contributed by atoms with Gasteiger partial charge in [0.25, 0.3) is 0 Å². The average Bonchev–Trinajstić information content (AvgIpc) is 2.51. The van der Waals surface area contributed by atoms with Crippen LogP contribution in [0, 0.1) is 0 Å². The first-order valence-electron chi connectivity index (χ1n) is 7.85. The number of likely N-dealkylation sites (N-methyl/N-ethyl adjacent to an activating group) is 1. The van der Waals surface area contributed by atoms with Crippen molar-refractivity contribution in [2.24, 2.45) is 0 Å². The number of benzene rings is 1. The second-order valence-electron chi connectivity index (χ2n) is 6.07. The van der Waals surface area contributed by atoms with E-state index in [1.165, 1.54) is 16.0 Å². The molecule has 1 aromatic rings. The van der Waals surface area contributed by atoms with Crippen molar-refractivity contribution in [3.63, 3.8) is 0 Å². The van der Waals surface area contributed by atoms with Gasteiger partial charge < -0.3 is 20.1 Å². The summed E-state index contributed by atoms with van der Waals surface area (Å²) in [5, 5.41) is 12.3. The number of carbonyl (C=O) groups excluding carboxylic acids is 1. The van der Waals surface area contributed by atoms with Crippen LogP contribution in [0.25, 0.3) is 0 Å². The molecule has 0 saturated carbocycles. The lowest BCUT2D eigenvalue weighted by molar-refractivity contribution is 0.143. The molecular weight excluding hydrogens is 280 g/mol. The molecule has 1 aliphatic rings. The van der Waals surface area contributed by atoms with Gasteiger partial charge in [-0.25, -0.2) is 4.79 Å². The fourth-order valence-electron chi connectivity index (χ4n) is 3.06. The van der Waals surface area contributed by atoms with Crippen LogP contribution in [0.15, 0.2) is 18.2 Å². The molecule has 0 fully saturated rings. The summed E-state index contributed by atoms with van der Waals surface area (Å²) in [5.41, 5.74) is 2.63. The van der Waals surface area contributed by atoms with E-state index in [1.807, 2.05) is 6.07 Å². The molecule has 1 aromatic carbocycles. The van der Waals surface area contributed by atoms with Crippen molar-refractivity contribution in [3.05, 3.63) is 29.3 Å². The largest absolute Gasteiger partial charge is 0.497 e. The Morgan fingerprint density at radius 3 is 3.00 bits per heavy atom. The highest BCUT2D eigenvalue weighted by molar-refractivity contribution is 5.73. The third-order valence-corrected chi connectivity index (χ3v) is 4.17. The zero-order valence-electron chi connectivity index (χ0n) is 13.6. The number of hydrogen-bond acceptors (Lipinski definition) is 3. The molecule has 22 heavy (non-hydrogen) atoms. The molecule has 2 N–H and O–H groups in total. The number of methoxy groups -OCH3 is 1. The Morgan fingerprint density at radius 1 is 1.55 bits per heavy atom. The van der Waals surface area contributed by atoms with Crippen molar-refractivity contribution < 1.29 is 14.6 Å². The number of amides is 2. The molecule has 2 rings (SSSR count). The van der Waals surface area contributed by atoms with E-state index in [4.69, 9.17) is 4.74 Å². The Balaban J connectivity index is 1.96. The van der Waals surface area contributed by atoms with E-state index < -0.39 is 6.10 Å². The van der Waals surface area contributed by atoms with Gasteiger partial charge in [-0.1, -0.05) is 6.07 Å². The minimum absolute atomic E-state index is 0.137. The second-order valence-corrected chi connectivity index (χ2v) is 6.07. The molecule has 0 spiro atoms. The van der Waals surface area contributed by atoms with Crippen LogP contribution in [-0.2, 0) is 6.42 Å². The summed E-state index contributed by atoms with van der Waals surface area (Å²) in [6, 6.07) is 6.06. The van der Waals surface area contributed by atoms with Crippen LogP contribution in [0.1, 0.15) is 36.8 Å². The number of hydrogen-bond donors (Lipinski definition) is 2. The predicted molar refractivity (Wildman–Crippen MR) is 86.4 cm³/mol. The van der Waals surface area contributed by atoms with Crippen molar-refractivity contribution in [1.82, 2.24) is 10.2 Å². The zero-order chi connectivity index (χ0) is 16.1. The number of carbonyl (C=O) groups is 1. The molecule has 0 aromatic heterocycles. The van der Waals surface area contributed by atoms with Crippen molar-refractivity contribution in [2.45, 2.75) is 38.2 Å². The standard InChI is InChI=1S/C17H26N2O3/c1-12(20)11-19(2)17(21)18-10-14-6-4-5-13-9-15(22-3)7-8-16(13)14/h7-9,12,14,20H,4-6,10-11H2,1-3H3,(H,18,21)/t12-,14-/m0/s1. The molecule has 5 heteroatoms. The number of aryl methyl sites for hydroxylation is 1. The summed E-state index contributed by atoms with van der Waals surface area (Å²) >= 11 is 0. The Morgan fingerprint density at radius 2 is 2.32 bits per heavy atom. The van der Waals surface area contributed by atoms with E-state index in [9.17, 15) is 9.90 Å². The van der Waals surface area contributed by atoms with Crippen LogP contribution in [0.3, 0.4) is 0 Å². The number of fused-ring (bicyclic) bond motifs is 1. The molecule has 1 aliphatic carbocycles. The van der Waals surface area contributed by atoms with E-state index in [-0.39, 0.29) is 6.03 Å². The van der Waals surface area contributed by atoms with E-state index in [0.717, 1.165) is 25.0 Å². The molecule has 0 bridgehead atoms. The molecular formula is C17H26N2O3. The summed E-state index contributed by atoms with van der Waals surface area (Å²) < 4.78 is 5.28. The summed E-state index contributed by atoms with van der Waals surface area (Å²) in [5.74, 6) is 1.23. The molecule has 5 nitrogen and oxygen atoms in total. The highest BCUT2D eigenvalue weighted by Crippen LogP contribution is 2.33. The number of nitrogens with one attached hydrogen (secondary N) is 1. The van der Waals surface area contributed by atoms with Crippen molar-refractivity contribution in [2.75, 3.05) is 27.2 Å². The molecule has 0 saturated heterocycles.